The number of carbonyl (C=O) groups is 1. The number of carbonyl (C=O) groups excluding carboxylic acids is 1. The van der Waals surface area contributed by atoms with Crippen LogP contribution < -0.4 is 11.1 Å². The third-order valence-corrected chi connectivity index (χ3v) is 2.81. The van der Waals surface area contributed by atoms with E-state index in [4.69, 9.17) is 5.73 Å². The van der Waals surface area contributed by atoms with Crippen LogP contribution in [0.15, 0.2) is 0 Å². The summed E-state index contributed by atoms with van der Waals surface area (Å²) in [6.45, 7) is 2.60. The fourth-order valence-electron chi connectivity index (χ4n) is 2.00. The van der Waals surface area contributed by atoms with E-state index in [1.165, 1.54) is 19.3 Å². The smallest absolute Gasteiger partial charge is 0.237 e. The van der Waals surface area contributed by atoms with Crippen LogP contribution in [0.25, 0.3) is 0 Å². The predicted octanol–water partition coefficient (Wildman–Crippen LogP) is 1.03. The van der Waals surface area contributed by atoms with Gasteiger partial charge in [-0.05, 0) is 25.7 Å². The SMILES string of the molecule is CCNC(=O)C(N)C1CCCCC1. The van der Waals surface area contributed by atoms with E-state index < -0.39 is 0 Å². The van der Waals surface area contributed by atoms with Gasteiger partial charge in [0.25, 0.3) is 0 Å². The Kier molecular flexibility index (Phi) is 4.22. The van der Waals surface area contributed by atoms with Crippen molar-refractivity contribution >= 4 is 5.91 Å². The average molecular weight is 184 g/mol. The summed E-state index contributed by atoms with van der Waals surface area (Å²) in [5, 5.41) is 2.78. The summed E-state index contributed by atoms with van der Waals surface area (Å²) in [4.78, 5) is 11.4. The maximum Gasteiger partial charge on any atom is 0.237 e. The molecule has 1 amide bonds. The van der Waals surface area contributed by atoms with Crippen LogP contribution in [0.1, 0.15) is 39.0 Å². The minimum absolute atomic E-state index is 0.0226. The molecule has 76 valence electrons. The van der Waals surface area contributed by atoms with Gasteiger partial charge in [-0.2, -0.15) is 0 Å². The van der Waals surface area contributed by atoms with Gasteiger partial charge in [-0.25, -0.2) is 0 Å². The number of hydrogen-bond donors (Lipinski definition) is 2. The molecule has 0 radical (unpaired) electrons. The highest BCUT2D eigenvalue weighted by Crippen LogP contribution is 2.25. The number of amides is 1. The van der Waals surface area contributed by atoms with Crippen LogP contribution in [-0.4, -0.2) is 18.5 Å². The minimum Gasteiger partial charge on any atom is -0.355 e. The summed E-state index contributed by atoms with van der Waals surface area (Å²) in [6, 6.07) is -0.278. The Labute approximate surface area is 80.1 Å². The van der Waals surface area contributed by atoms with Gasteiger partial charge >= 0.3 is 0 Å². The first-order valence-electron chi connectivity index (χ1n) is 5.29. The summed E-state index contributed by atoms with van der Waals surface area (Å²) in [6.07, 6.45) is 6.02. The Morgan fingerprint density at radius 1 is 1.46 bits per heavy atom. The molecule has 3 heteroatoms. The molecule has 0 aromatic rings. The molecule has 0 aliphatic heterocycles. The number of rotatable bonds is 3. The largest absolute Gasteiger partial charge is 0.355 e. The van der Waals surface area contributed by atoms with Gasteiger partial charge < -0.3 is 11.1 Å². The van der Waals surface area contributed by atoms with Crippen LogP contribution in [0.3, 0.4) is 0 Å². The first-order chi connectivity index (χ1) is 6.25. The number of nitrogens with one attached hydrogen (secondary N) is 1. The minimum atomic E-state index is -0.278. The Hall–Kier alpha value is -0.570. The van der Waals surface area contributed by atoms with Crippen LogP contribution >= 0.6 is 0 Å². The molecule has 3 nitrogen and oxygen atoms in total. The Morgan fingerprint density at radius 2 is 2.08 bits per heavy atom. The van der Waals surface area contributed by atoms with Gasteiger partial charge in [0.15, 0.2) is 0 Å². The number of nitrogens with two attached hydrogens (primary N) is 1. The van der Waals surface area contributed by atoms with E-state index in [1.807, 2.05) is 6.92 Å². The van der Waals surface area contributed by atoms with Gasteiger partial charge in [0.2, 0.25) is 5.91 Å². The summed E-state index contributed by atoms with van der Waals surface area (Å²) >= 11 is 0. The molecule has 1 aliphatic rings. The van der Waals surface area contributed by atoms with Crippen molar-refractivity contribution in [3.05, 3.63) is 0 Å². The van der Waals surface area contributed by atoms with Crippen LogP contribution in [0.4, 0.5) is 0 Å². The summed E-state index contributed by atoms with van der Waals surface area (Å²) in [7, 11) is 0. The molecule has 1 rings (SSSR count). The second-order valence-corrected chi connectivity index (χ2v) is 3.82. The standard InChI is InChI=1S/C10H20N2O/c1-2-12-10(13)9(11)8-6-4-3-5-7-8/h8-9H,2-7,11H2,1H3,(H,12,13). The van der Waals surface area contributed by atoms with Gasteiger partial charge in [-0.3, -0.25) is 4.79 Å². The Morgan fingerprint density at radius 3 is 2.62 bits per heavy atom. The molecule has 1 fully saturated rings. The molecule has 1 saturated carbocycles. The molecule has 3 N–H and O–H groups in total. The van der Waals surface area contributed by atoms with Gasteiger partial charge in [-0.1, -0.05) is 19.3 Å². The lowest BCUT2D eigenvalue weighted by atomic mass is 9.84. The van der Waals surface area contributed by atoms with Crippen LogP contribution in [0, 0.1) is 5.92 Å². The molecule has 13 heavy (non-hydrogen) atoms. The number of hydrogen-bond acceptors (Lipinski definition) is 2. The van der Waals surface area contributed by atoms with E-state index in [9.17, 15) is 4.79 Å². The van der Waals surface area contributed by atoms with Crippen molar-refractivity contribution in [1.29, 1.82) is 0 Å². The lowest BCUT2D eigenvalue weighted by Gasteiger charge is -2.26. The summed E-state index contributed by atoms with van der Waals surface area (Å²) < 4.78 is 0. The molecular weight excluding hydrogens is 164 g/mol. The first kappa shape index (κ1) is 10.5. The molecule has 0 aromatic carbocycles. The second-order valence-electron chi connectivity index (χ2n) is 3.82. The molecular formula is C10H20N2O. The molecule has 0 bridgehead atoms. The monoisotopic (exact) mass is 184 g/mol. The number of likely N-dealkylation sites (N-methyl/N-ethyl adjacent to an activating group) is 1. The van der Waals surface area contributed by atoms with Crippen molar-refractivity contribution in [3.8, 4) is 0 Å². The topological polar surface area (TPSA) is 55.1 Å². The molecule has 1 aliphatic carbocycles. The van der Waals surface area contributed by atoms with Crippen LogP contribution in [0.2, 0.25) is 0 Å². The lowest BCUT2D eigenvalue weighted by Crippen LogP contribution is -2.46. The highest BCUT2D eigenvalue weighted by Gasteiger charge is 2.25. The molecule has 0 saturated heterocycles. The van der Waals surface area contributed by atoms with E-state index in [-0.39, 0.29) is 11.9 Å². The highest BCUT2D eigenvalue weighted by atomic mass is 16.2. The van der Waals surface area contributed by atoms with Gasteiger partial charge in [0, 0.05) is 6.54 Å². The molecule has 0 heterocycles. The van der Waals surface area contributed by atoms with Gasteiger partial charge in [0.05, 0.1) is 6.04 Å². The molecule has 1 atom stereocenters. The zero-order valence-electron chi connectivity index (χ0n) is 8.38. The quantitative estimate of drug-likeness (QED) is 0.688. The second kappa shape index (κ2) is 5.22. The van der Waals surface area contributed by atoms with Crippen molar-refractivity contribution in [2.24, 2.45) is 11.7 Å². The predicted molar refractivity (Wildman–Crippen MR) is 53.2 cm³/mol. The van der Waals surface area contributed by atoms with Crippen molar-refractivity contribution in [2.45, 2.75) is 45.1 Å². The molecule has 0 aromatic heterocycles. The zero-order chi connectivity index (χ0) is 9.68. The van der Waals surface area contributed by atoms with Crippen LogP contribution in [0.5, 0.6) is 0 Å². The van der Waals surface area contributed by atoms with Gasteiger partial charge in [0.1, 0.15) is 0 Å². The maximum atomic E-state index is 11.4. The molecule has 1 unspecified atom stereocenters. The fraction of sp³-hybridized carbons (Fsp3) is 0.900. The third-order valence-electron chi connectivity index (χ3n) is 2.81. The highest BCUT2D eigenvalue weighted by molar-refractivity contribution is 5.81. The normalized spacial score (nSPS) is 21.1. The van der Waals surface area contributed by atoms with Crippen molar-refractivity contribution in [1.82, 2.24) is 5.32 Å². The van der Waals surface area contributed by atoms with E-state index in [0.717, 1.165) is 12.8 Å². The van der Waals surface area contributed by atoms with Crippen LogP contribution in [-0.2, 0) is 4.79 Å². The fourth-order valence-corrected chi connectivity index (χ4v) is 2.00. The zero-order valence-corrected chi connectivity index (χ0v) is 8.38. The lowest BCUT2D eigenvalue weighted by molar-refractivity contribution is -0.123. The van der Waals surface area contributed by atoms with Crippen molar-refractivity contribution < 1.29 is 4.79 Å². The van der Waals surface area contributed by atoms with E-state index in [2.05, 4.69) is 5.32 Å². The van der Waals surface area contributed by atoms with E-state index in [1.54, 1.807) is 0 Å². The molecule has 0 spiro atoms. The van der Waals surface area contributed by atoms with Gasteiger partial charge in [-0.15, -0.1) is 0 Å². The summed E-state index contributed by atoms with van der Waals surface area (Å²) in [5.74, 6) is 0.440. The Balaban J connectivity index is 2.35. The van der Waals surface area contributed by atoms with E-state index in [0.29, 0.717) is 12.5 Å². The first-order valence-corrected chi connectivity index (χ1v) is 5.29. The summed E-state index contributed by atoms with van der Waals surface area (Å²) in [5.41, 5.74) is 5.87. The van der Waals surface area contributed by atoms with E-state index >= 15 is 0 Å². The maximum absolute atomic E-state index is 11.4. The van der Waals surface area contributed by atoms with Crippen molar-refractivity contribution in [2.75, 3.05) is 6.54 Å². The Bertz CT molecular complexity index is 164. The average Bonchev–Trinajstić information content (AvgIpc) is 2.18. The van der Waals surface area contributed by atoms with Crippen molar-refractivity contribution in [3.63, 3.8) is 0 Å². The third kappa shape index (κ3) is 2.99.